The SMILES string of the molecule is N#Cc1ccnc(-c2ccc(-c3ccc(-c4cc(C#N)ccn4)c4ccccc34)c3ccccc23)c1. The fourth-order valence-corrected chi connectivity index (χ4v) is 4.81. The Kier molecular flexibility index (Phi) is 5.19. The van der Waals surface area contributed by atoms with Gasteiger partial charge in [-0.05, 0) is 56.9 Å². The summed E-state index contributed by atoms with van der Waals surface area (Å²) in [5.74, 6) is 0. The fourth-order valence-electron chi connectivity index (χ4n) is 4.81. The number of hydrogen-bond donors (Lipinski definition) is 0. The molecule has 2 aromatic heterocycles. The van der Waals surface area contributed by atoms with Crippen molar-refractivity contribution in [3.63, 3.8) is 0 Å². The Morgan fingerprint density at radius 2 is 0.806 bits per heavy atom. The van der Waals surface area contributed by atoms with Gasteiger partial charge in [-0.2, -0.15) is 10.5 Å². The van der Waals surface area contributed by atoms with Crippen molar-refractivity contribution in [3.05, 3.63) is 121 Å². The van der Waals surface area contributed by atoms with Crippen molar-refractivity contribution >= 4 is 21.5 Å². The lowest BCUT2D eigenvalue weighted by atomic mass is 9.89. The fraction of sp³-hybridized carbons (Fsp3) is 0. The van der Waals surface area contributed by atoms with Crippen LogP contribution < -0.4 is 0 Å². The van der Waals surface area contributed by atoms with Crippen molar-refractivity contribution in [1.82, 2.24) is 9.97 Å². The van der Waals surface area contributed by atoms with Gasteiger partial charge in [-0.15, -0.1) is 0 Å². The van der Waals surface area contributed by atoms with Crippen molar-refractivity contribution in [2.75, 3.05) is 0 Å². The average molecular weight is 459 g/mol. The Morgan fingerprint density at radius 1 is 0.444 bits per heavy atom. The number of pyridine rings is 2. The van der Waals surface area contributed by atoms with Crippen molar-refractivity contribution in [2.45, 2.75) is 0 Å². The summed E-state index contributed by atoms with van der Waals surface area (Å²) in [5, 5.41) is 23.1. The molecule has 0 amide bonds. The maximum absolute atomic E-state index is 9.35. The molecule has 0 aliphatic rings. The maximum atomic E-state index is 9.35. The third-order valence-corrected chi connectivity index (χ3v) is 6.47. The van der Waals surface area contributed by atoms with E-state index in [2.05, 4.69) is 70.6 Å². The van der Waals surface area contributed by atoms with E-state index in [-0.39, 0.29) is 0 Å². The molecule has 0 aliphatic heterocycles. The van der Waals surface area contributed by atoms with Gasteiger partial charge in [0, 0.05) is 23.5 Å². The van der Waals surface area contributed by atoms with Crippen LogP contribution in [-0.4, -0.2) is 9.97 Å². The molecule has 0 fully saturated rings. The molecule has 0 saturated heterocycles. The summed E-state index contributed by atoms with van der Waals surface area (Å²) in [6, 6.07) is 36.5. The van der Waals surface area contributed by atoms with Gasteiger partial charge < -0.3 is 0 Å². The smallest absolute Gasteiger partial charge is 0.0992 e. The molecular formula is C32H18N4. The van der Waals surface area contributed by atoms with Gasteiger partial charge in [-0.25, -0.2) is 0 Å². The summed E-state index contributed by atoms with van der Waals surface area (Å²) in [6.07, 6.45) is 3.36. The van der Waals surface area contributed by atoms with Crippen LogP contribution in [0.2, 0.25) is 0 Å². The van der Waals surface area contributed by atoms with E-state index < -0.39 is 0 Å². The van der Waals surface area contributed by atoms with Crippen LogP contribution in [0, 0.1) is 22.7 Å². The van der Waals surface area contributed by atoms with E-state index in [1.54, 1.807) is 24.5 Å². The minimum Gasteiger partial charge on any atom is -0.256 e. The zero-order valence-corrected chi connectivity index (χ0v) is 19.2. The Balaban J connectivity index is 1.59. The molecule has 0 aliphatic carbocycles. The van der Waals surface area contributed by atoms with Crippen LogP contribution in [0.4, 0.5) is 0 Å². The van der Waals surface area contributed by atoms with Crippen molar-refractivity contribution in [1.29, 1.82) is 10.5 Å². The quantitative estimate of drug-likeness (QED) is 0.275. The normalized spacial score (nSPS) is 10.7. The Morgan fingerprint density at radius 3 is 1.19 bits per heavy atom. The van der Waals surface area contributed by atoms with Crippen LogP contribution in [-0.2, 0) is 0 Å². The highest BCUT2D eigenvalue weighted by molar-refractivity contribution is 6.11. The predicted molar refractivity (Wildman–Crippen MR) is 143 cm³/mol. The van der Waals surface area contributed by atoms with Crippen molar-refractivity contribution < 1.29 is 0 Å². The van der Waals surface area contributed by atoms with Gasteiger partial charge >= 0.3 is 0 Å². The second-order valence-electron chi connectivity index (χ2n) is 8.50. The van der Waals surface area contributed by atoms with E-state index in [1.807, 2.05) is 36.4 Å². The van der Waals surface area contributed by atoms with E-state index in [9.17, 15) is 10.5 Å². The molecule has 4 heteroatoms. The highest BCUT2D eigenvalue weighted by atomic mass is 14.7. The number of nitrogens with zero attached hydrogens (tertiary/aromatic N) is 4. The molecule has 0 spiro atoms. The van der Waals surface area contributed by atoms with Crippen LogP contribution in [0.3, 0.4) is 0 Å². The van der Waals surface area contributed by atoms with Crippen molar-refractivity contribution in [3.8, 4) is 45.8 Å². The average Bonchev–Trinajstić information content (AvgIpc) is 2.96. The number of hydrogen-bond acceptors (Lipinski definition) is 4. The monoisotopic (exact) mass is 458 g/mol. The topological polar surface area (TPSA) is 73.4 Å². The number of rotatable bonds is 3. The van der Waals surface area contributed by atoms with Crippen LogP contribution in [0.15, 0.2) is 109 Å². The van der Waals surface area contributed by atoms with Gasteiger partial charge in [0.05, 0.1) is 34.7 Å². The summed E-state index contributed by atoms with van der Waals surface area (Å²) in [4.78, 5) is 9.08. The highest BCUT2D eigenvalue weighted by Crippen LogP contribution is 2.40. The number of nitriles is 2. The molecule has 6 rings (SSSR count). The summed E-state index contributed by atoms with van der Waals surface area (Å²) < 4.78 is 0. The standard InChI is InChI=1S/C32H18N4/c33-19-21-13-15-35-31(17-21)29-11-9-27(23-5-1-3-7-25(23)29)28-10-12-30(26-8-4-2-6-24(26)28)32-18-22(20-34)14-16-36-32/h1-18H. The highest BCUT2D eigenvalue weighted by Gasteiger charge is 2.15. The first kappa shape index (κ1) is 21.2. The Hall–Kier alpha value is -5.32. The van der Waals surface area contributed by atoms with E-state index in [0.717, 1.165) is 55.2 Å². The summed E-state index contributed by atoms with van der Waals surface area (Å²) in [5.41, 5.74) is 6.95. The maximum Gasteiger partial charge on any atom is 0.0992 e. The summed E-state index contributed by atoms with van der Waals surface area (Å²) >= 11 is 0. The molecule has 6 aromatic rings. The van der Waals surface area contributed by atoms with Crippen molar-refractivity contribution in [2.24, 2.45) is 0 Å². The summed E-state index contributed by atoms with van der Waals surface area (Å²) in [7, 11) is 0. The van der Waals surface area contributed by atoms with Crippen LogP contribution in [0.25, 0.3) is 55.2 Å². The van der Waals surface area contributed by atoms with Crippen LogP contribution >= 0.6 is 0 Å². The number of aromatic nitrogens is 2. The van der Waals surface area contributed by atoms with Gasteiger partial charge in [-0.3, -0.25) is 9.97 Å². The lowest BCUT2D eigenvalue weighted by Gasteiger charge is -2.15. The van der Waals surface area contributed by atoms with Gasteiger partial charge in [0.25, 0.3) is 0 Å². The third-order valence-electron chi connectivity index (χ3n) is 6.47. The third kappa shape index (κ3) is 3.55. The lowest BCUT2D eigenvalue weighted by molar-refractivity contribution is 1.31. The molecule has 4 aromatic carbocycles. The van der Waals surface area contributed by atoms with Gasteiger partial charge in [0.1, 0.15) is 0 Å². The first-order chi connectivity index (χ1) is 17.8. The Labute approximate surface area is 208 Å². The second kappa shape index (κ2) is 8.80. The predicted octanol–water partition coefficient (Wildman–Crippen LogP) is 7.53. The van der Waals surface area contributed by atoms with E-state index in [0.29, 0.717) is 11.1 Å². The molecule has 0 N–H and O–H groups in total. The minimum atomic E-state index is 0.587. The number of fused-ring (bicyclic) bond motifs is 2. The molecule has 0 atom stereocenters. The molecule has 0 bridgehead atoms. The summed E-state index contributed by atoms with van der Waals surface area (Å²) in [6.45, 7) is 0. The first-order valence-electron chi connectivity index (χ1n) is 11.5. The van der Waals surface area contributed by atoms with E-state index in [4.69, 9.17) is 0 Å². The van der Waals surface area contributed by atoms with E-state index >= 15 is 0 Å². The zero-order valence-electron chi connectivity index (χ0n) is 19.2. The molecule has 4 nitrogen and oxygen atoms in total. The van der Waals surface area contributed by atoms with Gasteiger partial charge in [0.15, 0.2) is 0 Å². The van der Waals surface area contributed by atoms with Gasteiger partial charge in [0.2, 0.25) is 0 Å². The lowest BCUT2D eigenvalue weighted by Crippen LogP contribution is -1.91. The Bertz CT molecular complexity index is 1730. The van der Waals surface area contributed by atoms with E-state index in [1.165, 1.54) is 0 Å². The molecule has 0 saturated carbocycles. The second-order valence-corrected chi connectivity index (χ2v) is 8.50. The molecule has 166 valence electrons. The molecule has 0 unspecified atom stereocenters. The van der Waals surface area contributed by atoms with Crippen LogP contribution in [0.1, 0.15) is 11.1 Å². The zero-order chi connectivity index (χ0) is 24.5. The minimum absolute atomic E-state index is 0.587. The molecular weight excluding hydrogens is 440 g/mol. The largest absolute Gasteiger partial charge is 0.256 e. The first-order valence-corrected chi connectivity index (χ1v) is 11.5. The molecule has 0 radical (unpaired) electrons. The molecule has 36 heavy (non-hydrogen) atoms. The van der Waals surface area contributed by atoms with Crippen LogP contribution in [0.5, 0.6) is 0 Å². The number of benzene rings is 4. The molecule has 2 heterocycles. The van der Waals surface area contributed by atoms with Gasteiger partial charge in [-0.1, -0.05) is 72.8 Å².